The highest BCUT2D eigenvalue weighted by molar-refractivity contribution is 7.92. The van der Waals surface area contributed by atoms with E-state index in [1.165, 1.54) is 30.7 Å². The number of carbonyl (C=O) groups is 1. The average molecular weight is 480 g/mol. The van der Waals surface area contributed by atoms with Crippen LogP contribution in [0, 0.1) is 5.82 Å². The van der Waals surface area contributed by atoms with Crippen LogP contribution in [0.25, 0.3) is 16.9 Å². The number of hydrogen-bond acceptors (Lipinski definition) is 7. The maximum absolute atomic E-state index is 15.0. The number of aromatic carboxylic acids is 1. The zero-order valence-corrected chi connectivity index (χ0v) is 18.3. The molecule has 0 radical (unpaired) electrons. The first-order valence-corrected chi connectivity index (χ1v) is 11.7. The van der Waals surface area contributed by atoms with E-state index in [1.54, 1.807) is 18.2 Å². The van der Waals surface area contributed by atoms with Crippen molar-refractivity contribution in [1.29, 1.82) is 0 Å². The van der Waals surface area contributed by atoms with Crippen molar-refractivity contribution in [2.24, 2.45) is 0 Å². The number of nitrogens with one attached hydrogen (secondary N) is 1. The van der Waals surface area contributed by atoms with Crippen molar-refractivity contribution in [3.8, 4) is 16.9 Å². The number of rotatable bonds is 7. The smallest absolute Gasteiger partial charge is 0.335 e. The van der Waals surface area contributed by atoms with E-state index in [1.807, 2.05) is 0 Å². The lowest BCUT2D eigenvalue weighted by Gasteiger charge is -2.17. The fourth-order valence-electron chi connectivity index (χ4n) is 3.66. The molecule has 2 aromatic heterocycles. The SMILES string of the molecule is O=C(O)c1ccc(C2CC2)c(S(=O)(=O)Nc2cc(-n3cnnn3)c(F)cc2-c2ccccn2)c1. The Kier molecular flexibility index (Phi) is 5.28. The van der Waals surface area contributed by atoms with E-state index in [0.717, 1.165) is 29.7 Å². The van der Waals surface area contributed by atoms with E-state index in [2.05, 4.69) is 25.2 Å². The summed E-state index contributed by atoms with van der Waals surface area (Å²) >= 11 is 0. The number of nitrogens with zero attached hydrogens (tertiary/aromatic N) is 5. The Hall–Kier alpha value is -4.19. The van der Waals surface area contributed by atoms with Crippen molar-refractivity contribution in [1.82, 2.24) is 25.2 Å². The minimum Gasteiger partial charge on any atom is -0.478 e. The van der Waals surface area contributed by atoms with Gasteiger partial charge in [0, 0.05) is 11.8 Å². The fraction of sp³-hybridized carbons (Fsp3) is 0.136. The van der Waals surface area contributed by atoms with Gasteiger partial charge in [-0.25, -0.2) is 17.6 Å². The monoisotopic (exact) mass is 480 g/mol. The summed E-state index contributed by atoms with van der Waals surface area (Å²) in [5.41, 5.74) is 0.880. The highest BCUT2D eigenvalue weighted by Crippen LogP contribution is 2.43. The molecular weight excluding hydrogens is 463 g/mol. The van der Waals surface area contributed by atoms with Gasteiger partial charge in [0.1, 0.15) is 17.8 Å². The first kappa shape index (κ1) is 21.6. The van der Waals surface area contributed by atoms with Gasteiger partial charge in [0.25, 0.3) is 10.0 Å². The topological polar surface area (TPSA) is 140 Å². The molecule has 0 aliphatic heterocycles. The molecule has 1 aliphatic carbocycles. The summed E-state index contributed by atoms with van der Waals surface area (Å²) in [7, 11) is -4.26. The van der Waals surface area contributed by atoms with Gasteiger partial charge in [0.05, 0.1) is 21.8 Å². The molecule has 172 valence electrons. The number of hydrogen-bond donors (Lipinski definition) is 2. The van der Waals surface area contributed by atoms with Crippen molar-refractivity contribution in [3.05, 3.63) is 78.0 Å². The zero-order chi connectivity index (χ0) is 23.9. The maximum atomic E-state index is 15.0. The van der Waals surface area contributed by atoms with E-state index in [0.29, 0.717) is 11.3 Å². The minimum atomic E-state index is -4.26. The summed E-state index contributed by atoms with van der Waals surface area (Å²) in [5.74, 6) is -1.90. The van der Waals surface area contributed by atoms with Gasteiger partial charge in [-0.3, -0.25) is 9.71 Å². The van der Waals surface area contributed by atoms with Gasteiger partial charge < -0.3 is 5.11 Å². The fourth-order valence-corrected chi connectivity index (χ4v) is 5.05. The molecular formula is C22H17FN6O4S. The van der Waals surface area contributed by atoms with Crippen LogP contribution in [0.2, 0.25) is 0 Å². The lowest BCUT2D eigenvalue weighted by molar-refractivity contribution is 0.0696. The Morgan fingerprint density at radius 3 is 2.62 bits per heavy atom. The third-order valence-corrected chi connectivity index (χ3v) is 6.86. The third kappa shape index (κ3) is 4.10. The standard InChI is InChI=1S/C22H17FN6O4S/c23-17-10-16(18-3-1-2-8-24-18)19(11-20(17)29-12-25-27-28-29)26-34(32,33)21-9-14(22(30)31)6-7-15(21)13-4-5-13/h1-3,6-13,26H,4-5H2,(H,30,31). The van der Waals surface area contributed by atoms with Crippen LogP contribution in [0.1, 0.15) is 34.7 Å². The van der Waals surface area contributed by atoms with Gasteiger partial charge in [0.2, 0.25) is 0 Å². The van der Waals surface area contributed by atoms with E-state index in [9.17, 15) is 22.7 Å². The Labute approximate surface area is 193 Å². The van der Waals surface area contributed by atoms with Crippen LogP contribution in [0.4, 0.5) is 10.1 Å². The average Bonchev–Trinajstić information content (AvgIpc) is 3.53. The van der Waals surface area contributed by atoms with Crippen LogP contribution in [0.3, 0.4) is 0 Å². The largest absolute Gasteiger partial charge is 0.478 e. The molecule has 2 heterocycles. The number of anilines is 1. The molecule has 0 bridgehead atoms. The molecule has 10 nitrogen and oxygen atoms in total. The maximum Gasteiger partial charge on any atom is 0.335 e. The number of halogens is 1. The molecule has 0 spiro atoms. The molecule has 0 amide bonds. The highest BCUT2D eigenvalue weighted by atomic mass is 32.2. The van der Waals surface area contributed by atoms with Crippen molar-refractivity contribution in [2.75, 3.05) is 4.72 Å². The minimum absolute atomic E-state index is 0.0353. The lowest BCUT2D eigenvalue weighted by Crippen LogP contribution is -2.17. The van der Waals surface area contributed by atoms with Crippen LogP contribution in [-0.4, -0.2) is 44.7 Å². The quantitative estimate of drug-likeness (QED) is 0.411. The molecule has 0 unspecified atom stereocenters. The van der Waals surface area contributed by atoms with Crippen LogP contribution in [-0.2, 0) is 10.0 Å². The van der Waals surface area contributed by atoms with Crippen LogP contribution in [0.5, 0.6) is 0 Å². The van der Waals surface area contributed by atoms with Crippen molar-refractivity contribution >= 4 is 21.7 Å². The van der Waals surface area contributed by atoms with E-state index >= 15 is 0 Å². The summed E-state index contributed by atoms with van der Waals surface area (Å²) in [6, 6.07) is 11.5. The molecule has 1 aliphatic rings. The molecule has 34 heavy (non-hydrogen) atoms. The number of pyridine rings is 1. The summed E-state index contributed by atoms with van der Waals surface area (Å²) < 4.78 is 45.6. The number of carboxylic acid groups (broad SMARTS) is 1. The van der Waals surface area contributed by atoms with Gasteiger partial charge in [0.15, 0.2) is 0 Å². The Morgan fingerprint density at radius 1 is 1.15 bits per heavy atom. The normalized spacial score (nSPS) is 13.6. The van der Waals surface area contributed by atoms with Crippen LogP contribution in [0.15, 0.2) is 66.0 Å². The van der Waals surface area contributed by atoms with E-state index < -0.39 is 21.8 Å². The van der Waals surface area contributed by atoms with E-state index in [-0.39, 0.29) is 33.3 Å². The second kappa shape index (κ2) is 8.30. The Bertz CT molecular complexity index is 1490. The summed E-state index contributed by atoms with van der Waals surface area (Å²) in [6.07, 6.45) is 4.31. The first-order valence-electron chi connectivity index (χ1n) is 10.2. The molecule has 1 fully saturated rings. The Balaban J connectivity index is 1.66. The molecule has 2 aromatic carbocycles. The van der Waals surface area contributed by atoms with Gasteiger partial charge in [-0.15, -0.1) is 5.10 Å². The molecule has 4 aromatic rings. The third-order valence-electron chi connectivity index (χ3n) is 5.44. The van der Waals surface area contributed by atoms with Gasteiger partial charge >= 0.3 is 5.97 Å². The zero-order valence-electron chi connectivity index (χ0n) is 17.5. The number of benzene rings is 2. The molecule has 0 atom stereocenters. The van der Waals surface area contributed by atoms with Crippen molar-refractivity contribution in [3.63, 3.8) is 0 Å². The van der Waals surface area contributed by atoms with Crippen LogP contribution >= 0.6 is 0 Å². The predicted molar refractivity (Wildman–Crippen MR) is 119 cm³/mol. The van der Waals surface area contributed by atoms with Crippen molar-refractivity contribution < 1.29 is 22.7 Å². The van der Waals surface area contributed by atoms with Gasteiger partial charge in [-0.1, -0.05) is 12.1 Å². The number of aromatic nitrogens is 5. The first-order chi connectivity index (χ1) is 16.3. The number of carboxylic acids is 1. The molecule has 2 N–H and O–H groups in total. The number of tetrazole rings is 1. The predicted octanol–water partition coefficient (Wildman–Crippen LogP) is 3.24. The highest BCUT2D eigenvalue weighted by Gasteiger charge is 2.32. The molecule has 12 heteroatoms. The molecule has 1 saturated carbocycles. The van der Waals surface area contributed by atoms with E-state index in [4.69, 9.17) is 0 Å². The van der Waals surface area contributed by atoms with Gasteiger partial charge in [-0.05, 0) is 71.1 Å². The summed E-state index contributed by atoms with van der Waals surface area (Å²) in [6.45, 7) is 0. The van der Waals surface area contributed by atoms with Crippen molar-refractivity contribution in [2.45, 2.75) is 23.7 Å². The summed E-state index contributed by atoms with van der Waals surface area (Å²) in [5, 5.41) is 20.1. The Morgan fingerprint density at radius 2 is 1.97 bits per heavy atom. The second-order valence-electron chi connectivity index (χ2n) is 7.76. The van der Waals surface area contributed by atoms with Crippen LogP contribution < -0.4 is 4.72 Å². The molecule has 5 rings (SSSR count). The second-order valence-corrected chi connectivity index (χ2v) is 9.41. The summed E-state index contributed by atoms with van der Waals surface area (Å²) in [4.78, 5) is 15.6. The lowest BCUT2D eigenvalue weighted by atomic mass is 10.1. The number of sulfonamides is 1. The molecule has 0 saturated heterocycles. The van der Waals surface area contributed by atoms with Gasteiger partial charge in [-0.2, -0.15) is 4.68 Å².